The van der Waals surface area contributed by atoms with Crippen LogP contribution in [-0.2, 0) is 11.4 Å². The Hall–Kier alpha value is -1.22. The Labute approximate surface area is 80.9 Å². The lowest BCUT2D eigenvalue weighted by Crippen LogP contribution is -2.16. The van der Waals surface area contributed by atoms with E-state index in [9.17, 15) is 0 Å². The van der Waals surface area contributed by atoms with Crippen LogP contribution in [0.4, 0.5) is 0 Å². The van der Waals surface area contributed by atoms with Crippen molar-refractivity contribution in [1.29, 1.82) is 0 Å². The summed E-state index contributed by atoms with van der Waals surface area (Å²) in [5.41, 5.74) is 1.16. The number of ether oxygens (including phenoxy) is 1. The molecule has 0 fully saturated rings. The van der Waals surface area contributed by atoms with E-state index < -0.39 is 5.97 Å². The van der Waals surface area contributed by atoms with E-state index in [2.05, 4.69) is 0 Å². The van der Waals surface area contributed by atoms with Crippen molar-refractivity contribution in [3.05, 3.63) is 28.8 Å². The fourth-order valence-electron chi connectivity index (χ4n) is 0.954. The minimum atomic E-state index is -1.08. The largest absolute Gasteiger partial charge is 0.550 e. The van der Waals surface area contributed by atoms with Crippen molar-refractivity contribution in [2.24, 2.45) is 0 Å². The summed E-state index contributed by atoms with van der Waals surface area (Å²) in [7, 11) is 0. The van der Waals surface area contributed by atoms with Crippen LogP contribution in [0.3, 0.4) is 0 Å². The summed E-state index contributed by atoms with van der Waals surface area (Å²) in [5.74, 6) is -0.197. The van der Waals surface area contributed by atoms with E-state index in [1.165, 1.54) is 0 Å². The molecule has 1 aromatic rings. The molecule has 0 aromatic heterocycles. The highest BCUT2D eigenvalue weighted by atomic mass is 35.5. The van der Waals surface area contributed by atoms with Gasteiger partial charge in [-0.05, 0) is 30.7 Å². The van der Waals surface area contributed by atoms with Crippen LogP contribution in [0.5, 0.6) is 5.75 Å². The van der Waals surface area contributed by atoms with Gasteiger partial charge in [-0.25, -0.2) is 0 Å². The highest BCUT2D eigenvalue weighted by Gasteiger charge is 2.07. The Balaban J connectivity index is 0.000000184. The Morgan fingerprint density at radius 1 is 1.54 bits per heavy atom. The molecule has 0 radical (unpaired) electrons. The molecule has 0 spiro atoms. The zero-order chi connectivity index (χ0) is 9.84. The van der Waals surface area contributed by atoms with Crippen LogP contribution in [0.15, 0.2) is 18.2 Å². The number of halogens is 1. The van der Waals surface area contributed by atoms with Gasteiger partial charge in [0.15, 0.2) is 0 Å². The van der Waals surface area contributed by atoms with E-state index in [0.717, 1.165) is 23.3 Å². The molecule has 3 nitrogen and oxygen atoms in total. The molecule has 0 amide bonds. The van der Waals surface area contributed by atoms with Gasteiger partial charge in [0.25, 0.3) is 0 Å². The second-order valence-electron chi connectivity index (χ2n) is 2.58. The van der Waals surface area contributed by atoms with Crippen molar-refractivity contribution in [3.63, 3.8) is 0 Å². The topological polar surface area (TPSA) is 49.4 Å². The number of carboxylic acids is 1. The first kappa shape index (κ1) is 9.86. The average Bonchev–Trinajstić information content (AvgIpc) is 2.29. The molecule has 0 N–H and O–H groups in total. The van der Waals surface area contributed by atoms with Crippen molar-refractivity contribution < 1.29 is 14.6 Å². The molecule has 0 atom stereocenters. The lowest BCUT2D eigenvalue weighted by Gasteiger charge is -1.89. The normalized spacial score (nSPS) is 11.2. The van der Waals surface area contributed by atoms with E-state index in [0.29, 0.717) is 6.61 Å². The van der Waals surface area contributed by atoms with Crippen LogP contribution >= 0.6 is 11.6 Å². The fourth-order valence-corrected chi connectivity index (χ4v) is 1.20. The van der Waals surface area contributed by atoms with Crippen LogP contribution in [0.1, 0.15) is 12.5 Å². The van der Waals surface area contributed by atoms with Crippen LogP contribution in [0.2, 0.25) is 5.02 Å². The van der Waals surface area contributed by atoms with Crippen molar-refractivity contribution in [1.82, 2.24) is 0 Å². The Bertz CT molecular complexity index is 296. The van der Waals surface area contributed by atoms with Gasteiger partial charge in [-0.2, -0.15) is 0 Å². The highest BCUT2D eigenvalue weighted by molar-refractivity contribution is 6.30. The third-order valence-corrected chi connectivity index (χ3v) is 1.55. The minimum absolute atomic E-state index is 0.683. The smallest absolute Gasteiger partial charge is 0.121 e. The maximum atomic E-state index is 8.89. The van der Waals surface area contributed by atoms with E-state index >= 15 is 0 Å². The Morgan fingerprint density at radius 2 is 2.15 bits per heavy atom. The molecule has 70 valence electrons. The van der Waals surface area contributed by atoms with Gasteiger partial charge >= 0.3 is 0 Å². The summed E-state index contributed by atoms with van der Waals surface area (Å²) in [4.78, 5) is 8.89. The zero-order valence-electron chi connectivity index (χ0n) is 7.04. The van der Waals surface area contributed by atoms with E-state index in [-0.39, 0.29) is 0 Å². The maximum Gasteiger partial charge on any atom is 0.121 e. The molecule has 1 heterocycles. The number of hydrogen-bond donors (Lipinski definition) is 0. The summed E-state index contributed by atoms with van der Waals surface area (Å²) in [6.07, 6.45) is 0. The van der Waals surface area contributed by atoms with Crippen molar-refractivity contribution >= 4 is 17.6 Å². The van der Waals surface area contributed by atoms with Gasteiger partial charge in [0.05, 0.1) is 0 Å². The number of rotatable bonds is 0. The molecule has 13 heavy (non-hydrogen) atoms. The number of carboxylic acid groups (broad SMARTS) is 1. The number of carbonyl (C=O) groups excluding carboxylic acids is 1. The summed E-state index contributed by atoms with van der Waals surface area (Å²) in [6.45, 7) is 1.65. The van der Waals surface area contributed by atoms with E-state index in [1.54, 1.807) is 0 Å². The molecule has 2 bridgehead atoms. The molecule has 0 saturated carbocycles. The number of aliphatic carboxylic acids is 1. The third kappa shape index (κ3) is 3.34. The predicted molar refractivity (Wildman–Crippen MR) is 46.5 cm³/mol. The molecular weight excluding hydrogens is 192 g/mol. The van der Waals surface area contributed by atoms with Gasteiger partial charge < -0.3 is 14.6 Å². The lowest BCUT2D eigenvalue weighted by molar-refractivity contribution is -0.302. The van der Waals surface area contributed by atoms with Crippen molar-refractivity contribution in [2.75, 3.05) is 0 Å². The number of carbonyl (C=O) groups is 1. The molecule has 0 aliphatic carbocycles. The monoisotopic (exact) mass is 199 g/mol. The number of fused-ring (bicyclic) bond motifs is 2. The molecule has 1 aromatic carbocycles. The maximum absolute atomic E-state index is 8.89. The van der Waals surface area contributed by atoms with E-state index in [4.69, 9.17) is 26.2 Å². The first-order chi connectivity index (χ1) is 6.08. The average molecular weight is 200 g/mol. The lowest BCUT2D eigenvalue weighted by atomic mass is 10.2. The first-order valence-electron chi connectivity index (χ1n) is 3.68. The van der Waals surface area contributed by atoms with Gasteiger partial charge in [0.1, 0.15) is 12.4 Å². The number of benzene rings is 1. The molecule has 2 rings (SSSR count). The number of hydrogen-bond acceptors (Lipinski definition) is 3. The zero-order valence-corrected chi connectivity index (χ0v) is 7.80. The second kappa shape index (κ2) is 4.14. The van der Waals surface area contributed by atoms with Crippen LogP contribution in [0, 0.1) is 0 Å². The molecular formula is C9H8ClO3-. The van der Waals surface area contributed by atoms with Gasteiger partial charge in [-0.1, -0.05) is 11.6 Å². The summed E-state index contributed by atoms with van der Waals surface area (Å²) >= 11 is 5.71. The SMILES string of the molecule is CC(=O)[O-].Clc1cc2cc(c1)OC2. The Kier molecular flexibility index (Phi) is 3.14. The van der Waals surface area contributed by atoms with Crippen LogP contribution in [0.25, 0.3) is 0 Å². The van der Waals surface area contributed by atoms with Gasteiger partial charge in [-0.15, -0.1) is 0 Å². The quantitative estimate of drug-likeness (QED) is 0.626. The molecule has 1 aliphatic rings. The summed E-state index contributed by atoms with van der Waals surface area (Å²) in [6, 6.07) is 5.72. The summed E-state index contributed by atoms with van der Waals surface area (Å²) < 4.78 is 5.18. The van der Waals surface area contributed by atoms with Gasteiger partial charge in [0.2, 0.25) is 0 Å². The minimum Gasteiger partial charge on any atom is -0.550 e. The first-order valence-corrected chi connectivity index (χ1v) is 4.05. The van der Waals surface area contributed by atoms with Crippen LogP contribution in [-0.4, -0.2) is 5.97 Å². The standard InChI is InChI=1S/C7H5ClO.C2H4O2/c8-6-1-5-2-7(3-6)9-4-5;1-2(3)4/h1-3H,4H2;1H3,(H,3,4)/p-1. The highest BCUT2D eigenvalue weighted by Crippen LogP contribution is 2.26. The third-order valence-electron chi connectivity index (χ3n) is 1.34. The fraction of sp³-hybridized carbons (Fsp3) is 0.222. The molecule has 0 saturated heterocycles. The van der Waals surface area contributed by atoms with Crippen molar-refractivity contribution in [3.8, 4) is 5.75 Å². The van der Waals surface area contributed by atoms with Crippen molar-refractivity contribution in [2.45, 2.75) is 13.5 Å². The van der Waals surface area contributed by atoms with E-state index in [1.807, 2.05) is 18.2 Å². The van der Waals surface area contributed by atoms with Gasteiger partial charge in [0, 0.05) is 11.0 Å². The molecule has 0 unspecified atom stereocenters. The van der Waals surface area contributed by atoms with Crippen LogP contribution < -0.4 is 9.84 Å². The van der Waals surface area contributed by atoms with Gasteiger partial charge in [-0.3, -0.25) is 0 Å². The second-order valence-corrected chi connectivity index (χ2v) is 3.01. The molecule has 1 aliphatic heterocycles. The molecule has 4 heteroatoms. The summed E-state index contributed by atoms with van der Waals surface area (Å²) in [5, 5.41) is 9.65. The predicted octanol–water partition coefficient (Wildman–Crippen LogP) is 0.989. The Morgan fingerprint density at radius 3 is 2.69 bits per heavy atom.